The second-order valence-corrected chi connectivity index (χ2v) is 5.54. The van der Waals surface area contributed by atoms with Gasteiger partial charge < -0.3 is 10.2 Å². The fourth-order valence-electron chi connectivity index (χ4n) is 2.12. The lowest BCUT2D eigenvalue weighted by Gasteiger charge is -2.23. The molecule has 0 aromatic carbocycles. The first-order valence-corrected chi connectivity index (χ1v) is 6.47. The van der Waals surface area contributed by atoms with E-state index in [9.17, 15) is 9.59 Å². The van der Waals surface area contributed by atoms with E-state index < -0.39 is 0 Å². The molecule has 0 radical (unpaired) electrons. The maximum absolute atomic E-state index is 12.3. The second-order valence-electron chi connectivity index (χ2n) is 4.32. The summed E-state index contributed by atoms with van der Waals surface area (Å²) in [6, 6.07) is -0.373. The number of aryl methyl sites for hydroxylation is 1. The number of anilines is 1. The molecular weight excluding hydrogens is 236 g/mol. The zero-order valence-electron chi connectivity index (χ0n) is 10.5. The summed E-state index contributed by atoms with van der Waals surface area (Å²) in [4.78, 5) is 26.9. The lowest BCUT2D eigenvalue weighted by atomic mass is 10.1. The Kier molecular flexibility index (Phi) is 2.95. The van der Waals surface area contributed by atoms with E-state index in [-0.39, 0.29) is 17.9 Å². The molecule has 2 amide bonds. The number of hydrogen-bond donors (Lipinski definition) is 1. The molecule has 1 aliphatic heterocycles. The maximum Gasteiger partial charge on any atom is 0.257 e. The average molecular weight is 252 g/mol. The van der Waals surface area contributed by atoms with Gasteiger partial charge in [0.1, 0.15) is 11.0 Å². The lowest BCUT2D eigenvalue weighted by molar-refractivity contribution is -0.120. The number of rotatable bonds is 1. The minimum atomic E-state index is -0.373. The highest BCUT2D eigenvalue weighted by Gasteiger charge is 2.34. The predicted molar refractivity (Wildman–Crippen MR) is 68.6 cm³/mol. The topological polar surface area (TPSA) is 49.4 Å². The Balaban J connectivity index is 2.55. The monoisotopic (exact) mass is 252 g/mol. The van der Waals surface area contributed by atoms with Crippen molar-refractivity contribution >= 4 is 28.2 Å². The second kappa shape index (κ2) is 4.14. The van der Waals surface area contributed by atoms with Gasteiger partial charge in [-0.25, -0.2) is 0 Å². The zero-order valence-corrected chi connectivity index (χ0v) is 11.3. The number of fused-ring (bicyclic) bond motifs is 1. The molecule has 1 aromatic rings. The predicted octanol–water partition coefficient (Wildman–Crippen LogP) is 2.17. The number of carbonyl (C=O) groups is 2. The third-order valence-corrected chi connectivity index (χ3v) is 4.44. The molecule has 5 heteroatoms. The van der Waals surface area contributed by atoms with Crippen molar-refractivity contribution in [3.63, 3.8) is 0 Å². The number of hydrogen-bond acceptors (Lipinski definition) is 3. The van der Waals surface area contributed by atoms with Gasteiger partial charge in [0.2, 0.25) is 5.91 Å². The number of thiophene rings is 1. The van der Waals surface area contributed by atoms with E-state index >= 15 is 0 Å². The van der Waals surface area contributed by atoms with E-state index in [1.807, 2.05) is 20.8 Å². The van der Waals surface area contributed by atoms with Crippen molar-refractivity contribution in [2.45, 2.75) is 33.2 Å². The lowest BCUT2D eigenvalue weighted by Crippen LogP contribution is -2.42. The van der Waals surface area contributed by atoms with Crippen molar-refractivity contribution in [1.82, 2.24) is 4.90 Å². The van der Waals surface area contributed by atoms with Gasteiger partial charge in [0.05, 0.1) is 5.56 Å². The third-order valence-electron chi connectivity index (χ3n) is 3.31. The van der Waals surface area contributed by atoms with Crippen molar-refractivity contribution in [3.8, 4) is 0 Å². The van der Waals surface area contributed by atoms with Gasteiger partial charge >= 0.3 is 0 Å². The van der Waals surface area contributed by atoms with Crippen LogP contribution in [0.1, 0.15) is 34.1 Å². The van der Waals surface area contributed by atoms with Crippen LogP contribution in [0, 0.1) is 13.8 Å². The summed E-state index contributed by atoms with van der Waals surface area (Å²) in [5, 5.41) is 3.56. The minimum Gasteiger partial charge on any atom is -0.330 e. The number of carbonyl (C=O) groups excluding carboxylic acids is 2. The Bertz CT molecular complexity index is 493. The summed E-state index contributed by atoms with van der Waals surface area (Å²) >= 11 is 1.47. The quantitative estimate of drug-likeness (QED) is 0.832. The fourth-order valence-corrected chi connectivity index (χ4v) is 3.18. The van der Waals surface area contributed by atoms with Crippen molar-refractivity contribution in [3.05, 3.63) is 16.0 Å². The SMILES string of the molecule is CCC1C(=O)Nc2sc(C)c(C)c2C(=O)N1C. The Hall–Kier alpha value is -1.36. The van der Waals surface area contributed by atoms with Gasteiger partial charge in [-0.1, -0.05) is 6.92 Å². The van der Waals surface area contributed by atoms with Crippen LogP contribution >= 0.6 is 11.3 Å². The summed E-state index contributed by atoms with van der Waals surface area (Å²) in [6.45, 7) is 5.80. The highest BCUT2D eigenvalue weighted by atomic mass is 32.1. The summed E-state index contributed by atoms with van der Waals surface area (Å²) in [5.74, 6) is -0.157. The molecule has 0 saturated heterocycles. The number of nitrogens with one attached hydrogen (secondary N) is 1. The van der Waals surface area contributed by atoms with Crippen molar-refractivity contribution in [2.24, 2.45) is 0 Å². The Labute approximate surface area is 105 Å². The Morgan fingerprint density at radius 2 is 2.00 bits per heavy atom. The highest BCUT2D eigenvalue weighted by molar-refractivity contribution is 7.16. The maximum atomic E-state index is 12.3. The summed E-state index contributed by atoms with van der Waals surface area (Å²) in [5.41, 5.74) is 1.62. The van der Waals surface area contributed by atoms with Crippen LogP contribution in [-0.2, 0) is 4.79 Å². The van der Waals surface area contributed by atoms with E-state index in [2.05, 4.69) is 5.32 Å². The van der Waals surface area contributed by atoms with Crippen LogP contribution in [0.25, 0.3) is 0 Å². The molecule has 0 aliphatic carbocycles. The van der Waals surface area contributed by atoms with E-state index in [1.54, 1.807) is 11.9 Å². The van der Waals surface area contributed by atoms with Crippen LogP contribution in [0.3, 0.4) is 0 Å². The van der Waals surface area contributed by atoms with E-state index in [0.717, 1.165) is 10.4 Å². The van der Waals surface area contributed by atoms with Gasteiger partial charge in [-0.15, -0.1) is 11.3 Å². The molecule has 0 bridgehead atoms. The van der Waals surface area contributed by atoms with Crippen LogP contribution in [0.15, 0.2) is 0 Å². The Morgan fingerprint density at radius 3 is 2.59 bits per heavy atom. The first-order valence-electron chi connectivity index (χ1n) is 5.65. The van der Waals surface area contributed by atoms with Gasteiger partial charge in [-0.05, 0) is 25.8 Å². The molecule has 2 rings (SSSR count). The first-order chi connectivity index (χ1) is 7.97. The average Bonchev–Trinajstić information content (AvgIpc) is 2.49. The molecule has 2 heterocycles. The normalized spacial score (nSPS) is 20.0. The molecular formula is C12H16N2O2S. The van der Waals surface area contributed by atoms with E-state index in [0.29, 0.717) is 17.0 Å². The molecule has 0 fully saturated rings. The van der Waals surface area contributed by atoms with Crippen LogP contribution < -0.4 is 5.32 Å². The number of likely N-dealkylation sites (N-methyl/N-ethyl adjacent to an activating group) is 1. The van der Waals surface area contributed by atoms with E-state index in [4.69, 9.17) is 0 Å². The fraction of sp³-hybridized carbons (Fsp3) is 0.500. The minimum absolute atomic E-state index is 0.0629. The van der Waals surface area contributed by atoms with Crippen LogP contribution in [0.2, 0.25) is 0 Å². The highest BCUT2D eigenvalue weighted by Crippen LogP contribution is 2.35. The van der Waals surface area contributed by atoms with Crippen molar-refractivity contribution in [1.29, 1.82) is 0 Å². The molecule has 17 heavy (non-hydrogen) atoms. The van der Waals surface area contributed by atoms with Gasteiger partial charge in [-0.3, -0.25) is 9.59 Å². The first kappa shape index (κ1) is 12.1. The third kappa shape index (κ3) is 1.74. The number of nitrogens with zero attached hydrogens (tertiary/aromatic N) is 1. The molecule has 1 N–H and O–H groups in total. The molecule has 1 aromatic heterocycles. The van der Waals surface area contributed by atoms with Gasteiger partial charge in [0.15, 0.2) is 0 Å². The molecule has 1 aliphatic rings. The van der Waals surface area contributed by atoms with Gasteiger partial charge in [0, 0.05) is 11.9 Å². The van der Waals surface area contributed by atoms with Crippen LogP contribution in [0.5, 0.6) is 0 Å². The summed E-state index contributed by atoms with van der Waals surface area (Å²) < 4.78 is 0. The standard InChI is InChI=1S/C12H16N2O2S/c1-5-8-10(15)13-11-9(12(16)14(8)4)6(2)7(3)17-11/h8H,5H2,1-4H3,(H,13,15). The molecule has 0 spiro atoms. The molecule has 0 saturated carbocycles. The van der Waals surface area contributed by atoms with Gasteiger partial charge in [-0.2, -0.15) is 0 Å². The molecule has 4 nitrogen and oxygen atoms in total. The van der Waals surface area contributed by atoms with Crippen LogP contribution in [0.4, 0.5) is 5.00 Å². The molecule has 92 valence electrons. The molecule has 1 unspecified atom stereocenters. The summed E-state index contributed by atoms with van der Waals surface area (Å²) in [6.07, 6.45) is 0.626. The largest absolute Gasteiger partial charge is 0.330 e. The Morgan fingerprint density at radius 1 is 1.35 bits per heavy atom. The molecule has 1 atom stereocenters. The van der Waals surface area contributed by atoms with Crippen LogP contribution in [-0.4, -0.2) is 29.8 Å². The van der Waals surface area contributed by atoms with Crippen molar-refractivity contribution in [2.75, 3.05) is 12.4 Å². The smallest absolute Gasteiger partial charge is 0.257 e. The summed E-state index contributed by atoms with van der Waals surface area (Å²) in [7, 11) is 1.69. The number of amides is 2. The van der Waals surface area contributed by atoms with Gasteiger partial charge in [0.25, 0.3) is 5.91 Å². The zero-order chi connectivity index (χ0) is 12.7. The van der Waals surface area contributed by atoms with E-state index in [1.165, 1.54) is 11.3 Å². The van der Waals surface area contributed by atoms with Crippen molar-refractivity contribution < 1.29 is 9.59 Å².